The fourth-order valence-electron chi connectivity index (χ4n) is 8.98. The number of aliphatic hydroxyl groups is 1. The van der Waals surface area contributed by atoms with Crippen molar-refractivity contribution in [1.29, 1.82) is 0 Å². The largest absolute Gasteiger partial charge is 0.481 e. The predicted molar refractivity (Wildman–Crippen MR) is 320 cm³/mol. The van der Waals surface area contributed by atoms with Gasteiger partial charge in [-0.15, -0.1) is 0 Å². The number of nitrogens with one attached hydrogen (secondary N) is 1. The van der Waals surface area contributed by atoms with Gasteiger partial charge in [-0.25, -0.2) is 34.7 Å². The van der Waals surface area contributed by atoms with Crippen LogP contribution in [0.5, 0.6) is 0 Å². The highest BCUT2D eigenvalue weighted by Gasteiger charge is 2.54. The summed E-state index contributed by atoms with van der Waals surface area (Å²) in [5.74, 6) is -2.64. The third-order valence-corrected chi connectivity index (χ3v) is 20.3. The Labute approximate surface area is 517 Å². The van der Waals surface area contributed by atoms with Crippen LogP contribution in [0.15, 0.2) is 25.3 Å². The molecule has 0 aliphatic carbocycles. The Hall–Kier alpha value is -5.08. The summed E-state index contributed by atoms with van der Waals surface area (Å²) >= 11 is 10.9. The summed E-state index contributed by atoms with van der Waals surface area (Å²) in [6.45, 7) is -3.19. The molecule has 11 atom stereocenters. The summed E-state index contributed by atoms with van der Waals surface area (Å²) in [5, 5.41) is 22.9. The van der Waals surface area contributed by atoms with Gasteiger partial charge in [-0.05, 0) is 50.3 Å². The highest BCUT2D eigenvalue weighted by Crippen LogP contribution is 2.54. The Balaban J connectivity index is 0.853. The minimum absolute atomic E-state index is 0.0275. The number of hydrogen-bond donors (Lipinski definition) is 7. The highest BCUT2D eigenvalue weighted by molar-refractivity contribution is 8.77. The molecule has 0 spiro atoms. The smallest absolute Gasteiger partial charge is 0.409 e. The standard InChI is InChI=1S/C48H72N14O19P2S4/c1-27(20-32(65)66)44(69)51-12-17-73-16-10-31(64)59(5)15-14-58(4)30(63)9-11-48(2,3)87-86-19-18-74-47(70)60(6)13-7-8-33(67)79-39-37-29(78-46(39)62-26-57-35-41(50)53-24-55-43(35)62)22-76-83(72,85)81-38-36(68)28(21-75-82(71,84)80-37)77-45(38)61-25-56-34-40(49)52-23-54-42(34)61/h23-29,36-39,45-46,68H,7-22H2,1-6H3,(H,51,69)(H,65,66)(H,71,84)(H,72,85)(H2,49,52,54)(H2,50,53,55)/t27?,28-,29-,36-,37-,38-,39-,45-,46-,82?,83?/m1/s1. The Morgan fingerprint density at radius 2 is 1.37 bits per heavy atom. The second kappa shape index (κ2) is 31.1. The maximum atomic E-state index is 13.8. The molecule has 2 bridgehead atoms. The van der Waals surface area contributed by atoms with Crippen LogP contribution in [0.1, 0.15) is 71.8 Å². The number of imidazole rings is 2. The van der Waals surface area contributed by atoms with Gasteiger partial charge in [0.25, 0.3) is 0 Å². The third-order valence-electron chi connectivity index (χ3n) is 13.9. The van der Waals surface area contributed by atoms with Crippen LogP contribution in [-0.4, -0.2) is 237 Å². The molecule has 9 N–H and O–H groups in total. The van der Waals surface area contributed by atoms with Crippen molar-refractivity contribution in [2.45, 2.75) is 113 Å². The fourth-order valence-corrected chi connectivity index (χ4v) is 14.2. The molecule has 0 radical (unpaired) electrons. The van der Waals surface area contributed by atoms with E-state index in [1.54, 1.807) is 29.8 Å². The number of likely N-dealkylation sites (N-methyl/N-ethyl adjacent to an activating group) is 2. The molecule has 39 heteroatoms. The van der Waals surface area contributed by atoms with Crippen LogP contribution in [0, 0.1) is 5.92 Å². The first-order valence-corrected chi connectivity index (χ1v) is 34.7. The lowest BCUT2D eigenvalue weighted by molar-refractivity contribution is -0.158. The van der Waals surface area contributed by atoms with E-state index in [0.717, 1.165) is 0 Å². The zero-order valence-corrected chi connectivity index (χ0v) is 53.4. The van der Waals surface area contributed by atoms with Gasteiger partial charge in [-0.2, -0.15) is 0 Å². The van der Waals surface area contributed by atoms with Gasteiger partial charge in [0.15, 0.2) is 41.5 Å². The predicted octanol–water partition coefficient (Wildman–Crippen LogP) is 1.49. The molecule has 87 heavy (non-hydrogen) atoms. The first-order valence-electron chi connectivity index (χ1n) is 27.2. The average Bonchev–Trinajstić information content (AvgIpc) is 1.68. The molecule has 4 amide bonds. The summed E-state index contributed by atoms with van der Waals surface area (Å²) < 4.78 is 55.6. The molecule has 3 saturated heterocycles. The summed E-state index contributed by atoms with van der Waals surface area (Å²) in [6.07, 6.45) is -6.33. The first-order chi connectivity index (χ1) is 41.1. The van der Waals surface area contributed by atoms with E-state index >= 15 is 0 Å². The Morgan fingerprint density at radius 1 is 0.793 bits per heavy atom. The number of aliphatic carboxylic acids is 1. The van der Waals surface area contributed by atoms with E-state index in [-0.39, 0.29) is 121 Å². The average molecular weight is 1340 g/mol. The van der Waals surface area contributed by atoms with E-state index in [4.69, 9.17) is 82.0 Å². The lowest BCUT2D eigenvalue weighted by atomic mass is 10.1. The molecule has 4 aromatic heterocycles. The summed E-state index contributed by atoms with van der Waals surface area (Å²) in [4.78, 5) is 128. The van der Waals surface area contributed by atoms with E-state index in [1.165, 1.54) is 69.0 Å². The Morgan fingerprint density at radius 3 is 1.99 bits per heavy atom. The molecule has 7 rings (SSSR count). The number of carboxylic acid groups (broad SMARTS) is 1. The first kappa shape index (κ1) is 69.4. The van der Waals surface area contributed by atoms with Crippen molar-refractivity contribution in [2.75, 3.05) is 97.6 Å². The normalized spacial score (nSPS) is 25.3. The monoisotopic (exact) mass is 1340 g/mol. The Bertz CT molecular complexity index is 3170. The number of hydrogen-bond acceptors (Lipinski definition) is 28. The maximum absolute atomic E-state index is 13.8. The number of aromatic nitrogens is 8. The molecule has 0 saturated carbocycles. The van der Waals surface area contributed by atoms with Crippen molar-refractivity contribution in [1.82, 2.24) is 59.1 Å². The van der Waals surface area contributed by atoms with Gasteiger partial charge in [0, 0.05) is 76.6 Å². The van der Waals surface area contributed by atoms with Gasteiger partial charge in [0.1, 0.15) is 60.8 Å². The second-order valence-electron chi connectivity index (χ2n) is 21.0. The number of nitrogen functional groups attached to an aromatic ring is 2. The number of amides is 4. The summed E-state index contributed by atoms with van der Waals surface area (Å²) in [7, 11) is 7.86. The van der Waals surface area contributed by atoms with Crippen LogP contribution in [0.2, 0.25) is 0 Å². The van der Waals surface area contributed by atoms with Crippen molar-refractivity contribution in [2.24, 2.45) is 5.92 Å². The quantitative estimate of drug-likeness (QED) is 0.0192. The van der Waals surface area contributed by atoms with E-state index in [0.29, 0.717) is 25.3 Å². The molecule has 482 valence electrons. The van der Waals surface area contributed by atoms with Gasteiger partial charge < -0.3 is 84.2 Å². The van der Waals surface area contributed by atoms with Crippen molar-refractivity contribution < 1.29 is 90.5 Å². The van der Waals surface area contributed by atoms with Crippen LogP contribution in [-0.2, 0) is 89.4 Å². The molecule has 3 fully saturated rings. The molecule has 3 aliphatic heterocycles. The number of ether oxygens (including phenoxy) is 5. The third kappa shape index (κ3) is 19.2. The molecular formula is C48H72N14O19P2S4. The molecule has 7 heterocycles. The number of carbonyl (C=O) groups is 6. The van der Waals surface area contributed by atoms with E-state index in [9.17, 15) is 43.7 Å². The van der Waals surface area contributed by atoms with E-state index < -0.39 is 99.7 Å². The SMILES string of the molecule is CC(CC(=O)O)C(=O)NCCOCCC(=O)N(C)CCN(C)C(=O)CCC(C)(C)SSCCOC(=O)N(C)CCCC(=O)O[C@@H]1[C@@H]2OP(O)(=S)OC[C@H]3O[C@@H](n4cnc5c(N)ncnc54)[C@H](OP(O)(=S)OC[C@H]2O[C@H]1n1cnc2c(N)ncnc21)[C@@H]3O. The van der Waals surface area contributed by atoms with E-state index in [1.807, 2.05) is 13.8 Å². The number of rotatable bonds is 27. The summed E-state index contributed by atoms with van der Waals surface area (Å²) in [5.41, 5.74) is 12.8. The number of nitrogens with two attached hydrogens (primary N) is 2. The molecule has 0 aromatic carbocycles. The van der Waals surface area contributed by atoms with Gasteiger partial charge in [-0.1, -0.05) is 28.5 Å². The van der Waals surface area contributed by atoms with Crippen LogP contribution in [0.4, 0.5) is 16.4 Å². The van der Waals surface area contributed by atoms with Crippen LogP contribution < -0.4 is 16.8 Å². The van der Waals surface area contributed by atoms with Crippen LogP contribution in [0.25, 0.3) is 22.3 Å². The minimum Gasteiger partial charge on any atom is -0.481 e. The number of nitrogens with zero attached hydrogens (tertiary/aromatic N) is 11. The molecular weight excluding hydrogens is 1270 g/mol. The van der Waals surface area contributed by atoms with Crippen LogP contribution in [0.3, 0.4) is 0 Å². The number of aliphatic hydroxyl groups excluding tert-OH is 1. The van der Waals surface area contributed by atoms with Crippen LogP contribution >= 0.6 is 35.0 Å². The van der Waals surface area contributed by atoms with Crippen molar-refractivity contribution in [3.8, 4) is 0 Å². The Kier molecular flexibility index (Phi) is 24.8. The number of fused-ring (bicyclic) bond motifs is 5. The number of anilines is 2. The lowest BCUT2D eigenvalue weighted by Gasteiger charge is -2.29. The van der Waals surface area contributed by atoms with Gasteiger partial charge in [0.2, 0.25) is 17.7 Å². The molecule has 3 aliphatic rings. The molecule has 3 unspecified atom stereocenters. The number of carboxylic acids is 1. The van der Waals surface area contributed by atoms with Crippen molar-refractivity contribution in [3.05, 3.63) is 25.3 Å². The molecule has 4 aromatic rings. The van der Waals surface area contributed by atoms with Crippen molar-refractivity contribution in [3.63, 3.8) is 0 Å². The zero-order chi connectivity index (χ0) is 63.4. The highest BCUT2D eigenvalue weighted by atomic mass is 33.1. The van der Waals surface area contributed by atoms with Crippen molar-refractivity contribution >= 4 is 128 Å². The van der Waals surface area contributed by atoms with Gasteiger partial charge >= 0.3 is 31.5 Å². The zero-order valence-electron chi connectivity index (χ0n) is 48.3. The topological polar surface area (TPSA) is 427 Å². The van der Waals surface area contributed by atoms with Gasteiger partial charge in [-0.3, -0.25) is 42.2 Å². The molecule has 33 nitrogen and oxygen atoms in total. The van der Waals surface area contributed by atoms with E-state index in [2.05, 4.69) is 35.2 Å². The number of carbonyl (C=O) groups excluding carboxylic acids is 5. The van der Waals surface area contributed by atoms with Gasteiger partial charge in [0.05, 0.1) is 51.9 Å². The maximum Gasteiger partial charge on any atom is 0.409 e. The number of esters is 1. The lowest BCUT2D eigenvalue weighted by Crippen LogP contribution is -2.39. The second-order valence-corrected chi connectivity index (χ2v) is 29.7. The fraction of sp³-hybridized carbons (Fsp3) is 0.667. The minimum atomic E-state index is -4.41. The summed E-state index contributed by atoms with van der Waals surface area (Å²) in [6, 6.07) is 0.